The summed E-state index contributed by atoms with van der Waals surface area (Å²) in [6, 6.07) is 1.44. The second kappa shape index (κ2) is 7.56. The third-order valence-electron chi connectivity index (χ3n) is 4.51. The molecule has 1 fully saturated rings. The maximum Gasteiger partial charge on any atom is 0.415 e. The van der Waals surface area contributed by atoms with Crippen LogP contribution in [0.1, 0.15) is 44.0 Å². The summed E-state index contributed by atoms with van der Waals surface area (Å²) in [7, 11) is 3.16. The molecule has 0 spiro atoms. The van der Waals surface area contributed by atoms with Gasteiger partial charge in [0.2, 0.25) is 0 Å². The number of nitrogens with zero attached hydrogens (tertiary/aromatic N) is 4. The molecule has 3 rings (SSSR count). The Morgan fingerprint density at radius 1 is 1.36 bits per heavy atom. The lowest BCUT2D eigenvalue weighted by Crippen LogP contribution is -2.51. The SMILES string of the molecule is CO[C@H]1CCC1NC(=O)c1cnn2c(N(C)C(=O)OC(C)(C)C)cc(Cl)nc12. The number of hydrogen-bond donors (Lipinski definition) is 1. The van der Waals surface area contributed by atoms with Crippen LogP contribution in [0.15, 0.2) is 12.3 Å². The van der Waals surface area contributed by atoms with E-state index in [4.69, 9.17) is 21.1 Å². The van der Waals surface area contributed by atoms with Gasteiger partial charge >= 0.3 is 6.09 Å². The number of halogens is 1. The molecule has 0 bridgehead atoms. The van der Waals surface area contributed by atoms with Gasteiger partial charge in [-0.1, -0.05) is 11.6 Å². The molecule has 2 heterocycles. The van der Waals surface area contributed by atoms with Crippen LogP contribution in [-0.4, -0.2) is 58.5 Å². The highest BCUT2D eigenvalue weighted by atomic mass is 35.5. The summed E-state index contributed by atoms with van der Waals surface area (Å²) >= 11 is 6.15. The van der Waals surface area contributed by atoms with E-state index in [1.807, 2.05) is 0 Å². The molecule has 152 valence electrons. The van der Waals surface area contributed by atoms with E-state index >= 15 is 0 Å². The predicted molar refractivity (Wildman–Crippen MR) is 104 cm³/mol. The number of nitrogens with one attached hydrogen (secondary N) is 1. The van der Waals surface area contributed by atoms with Gasteiger partial charge in [-0.05, 0) is 33.6 Å². The molecule has 2 aromatic rings. The van der Waals surface area contributed by atoms with E-state index < -0.39 is 11.7 Å². The van der Waals surface area contributed by atoms with Crippen LogP contribution in [0.3, 0.4) is 0 Å². The number of hydrogen-bond acceptors (Lipinski definition) is 6. The smallest absolute Gasteiger partial charge is 0.415 e. The fourth-order valence-electron chi connectivity index (χ4n) is 2.90. The Balaban J connectivity index is 1.90. The van der Waals surface area contributed by atoms with Gasteiger partial charge in [-0.25, -0.2) is 9.78 Å². The number of amides is 2. The van der Waals surface area contributed by atoms with Crippen molar-refractivity contribution in [3.8, 4) is 0 Å². The number of carbonyl (C=O) groups excluding carboxylic acids is 2. The molecule has 0 radical (unpaired) electrons. The molecule has 1 aliphatic rings. The first-order valence-corrected chi connectivity index (χ1v) is 9.33. The highest BCUT2D eigenvalue weighted by Gasteiger charge is 2.33. The number of ether oxygens (including phenoxy) is 2. The summed E-state index contributed by atoms with van der Waals surface area (Å²) in [5.41, 5.74) is -0.135. The molecular weight excluding hydrogens is 386 g/mol. The average Bonchev–Trinajstić information content (AvgIpc) is 2.99. The molecular formula is C18H24ClN5O4. The molecule has 1 aliphatic carbocycles. The van der Waals surface area contributed by atoms with Gasteiger partial charge < -0.3 is 14.8 Å². The molecule has 0 aliphatic heterocycles. The Morgan fingerprint density at radius 2 is 2.07 bits per heavy atom. The molecule has 1 saturated carbocycles. The zero-order valence-electron chi connectivity index (χ0n) is 16.5. The Kier molecular flexibility index (Phi) is 5.49. The Hall–Kier alpha value is -2.39. The molecule has 1 unspecified atom stereocenters. The lowest BCUT2D eigenvalue weighted by atomic mass is 9.89. The van der Waals surface area contributed by atoms with E-state index in [1.54, 1.807) is 27.9 Å². The maximum atomic E-state index is 12.7. The highest BCUT2D eigenvalue weighted by molar-refractivity contribution is 6.30. The van der Waals surface area contributed by atoms with Crippen LogP contribution in [0.5, 0.6) is 0 Å². The van der Waals surface area contributed by atoms with Crippen molar-refractivity contribution in [1.82, 2.24) is 19.9 Å². The average molecular weight is 410 g/mol. The minimum absolute atomic E-state index is 0.0104. The van der Waals surface area contributed by atoms with Crippen molar-refractivity contribution in [1.29, 1.82) is 0 Å². The van der Waals surface area contributed by atoms with Crippen LogP contribution in [0, 0.1) is 0 Å². The first-order chi connectivity index (χ1) is 13.1. The highest BCUT2D eigenvalue weighted by Crippen LogP contribution is 2.25. The summed E-state index contributed by atoms with van der Waals surface area (Å²) in [6.45, 7) is 5.33. The zero-order chi connectivity index (χ0) is 20.6. The van der Waals surface area contributed by atoms with Gasteiger partial charge in [0.05, 0.1) is 18.3 Å². The lowest BCUT2D eigenvalue weighted by molar-refractivity contribution is 0.00732. The second-order valence-corrected chi connectivity index (χ2v) is 8.09. The Bertz CT molecular complexity index is 905. The van der Waals surface area contributed by atoms with Gasteiger partial charge in [-0.3, -0.25) is 9.69 Å². The molecule has 28 heavy (non-hydrogen) atoms. The molecule has 2 atom stereocenters. The van der Waals surface area contributed by atoms with Gasteiger partial charge in [-0.15, -0.1) is 0 Å². The van der Waals surface area contributed by atoms with Gasteiger partial charge in [0.25, 0.3) is 5.91 Å². The molecule has 2 aromatic heterocycles. The molecule has 0 saturated heterocycles. The van der Waals surface area contributed by atoms with Crippen LogP contribution in [0.25, 0.3) is 5.65 Å². The van der Waals surface area contributed by atoms with Crippen LogP contribution < -0.4 is 10.2 Å². The van der Waals surface area contributed by atoms with Crippen molar-refractivity contribution in [3.63, 3.8) is 0 Å². The summed E-state index contributed by atoms with van der Waals surface area (Å²) in [6.07, 6.45) is 2.60. The first-order valence-electron chi connectivity index (χ1n) is 8.95. The molecule has 2 amide bonds. The van der Waals surface area contributed by atoms with Crippen molar-refractivity contribution in [2.75, 3.05) is 19.1 Å². The van der Waals surface area contributed by atoms with Crippen LogP contribution >= 0.6 is 11.6 Å². The number of fused-ring (bicyclic) bond motifs is 1. The summed E-state index contributed by atoms with van der Waals surface area (Å²) in [4.78, 5) is 30.6. The first kappa shape index (κ1) is 20.3. The van der Waals surface area contributed by atoms with Crippen LogP contribution in [0.2, 0.25) is 5.15 Å². The fourth-order valence-corrected chi connectivity index (χ4v) is 3.08. The van der Waals surface area contributed by atoms with Crippen molar-refractivity contribution in [2.24, 2.45) is 0 Å². The quantitative estimate of drug-likeness (QED) is 0.779. The van der Waals surface area contributed by atoms with Crippen molar-refractivity contribution >= 4 is 35.1 Å². The minimum Gasteiger partial charge on any atom is -0.443 e. The number of carbonyl (C=O) groups is 2. The molecule has 9 nitrogen and oxygen atoms in total. The number of methoxy groups -OCH3 is 1. The van der Waals surface area contributed by atoms with Gasteiger partial charge in [0.15, 0.2) is 5.65 Å². The monoisotopic (exact) mass is 409 g/mol. The lowest BCUT2D eigenvalue weighted by Gasteiger charge is -2.35. The minimum atomic E-state index is -0.656. The largest absolute Gasteiger partial charge is 0.443 e. The van der Waals surface area contributed by atoms with Crippen LogP contribution in [-0.2, 0) is 9.47 Å². The zero-order valence-corrected chi connectivity index (χ0v) is 17.3. The summed E-state index contributed by atoms with van der Waals surface area (Å²) in [5, 5.41) is 7.28. The predicted octanol–water partition coefficient (Wildman–Crippen LogP) is 2.66. The number of aromatic nitrogens is 3. The van der Waals surface area contributed by atoms with E-state index in [9.17, 15) is 9.59 Å². The van der Waals surface area contributed by atoms with Gasteiger partial charge in [-0.2, -0.15) is 9.61 Å². The number of anilines is 1. The Morgan fingerprint density at radius 3 is 2.64 bits per heavy atom. The normalized spacial score (nSPS) is 19.2. The van der Waals surface area contributed by atoms with E-state index in [1.165, 1.54) is 28.7 Å². The van der Waals surface area contributed by atoms with Crippen molar-refractivity contribution in [2.45, 2.75) is 51.4 Å². The van der Waals surface area contributed by atoms with Crippen LogP contribution in [0.4, 0.5) is 10.6 Å². The van der Waals surface area contributed by atoms with Crippen molar-refractivity contribution < 1.29 is 19.1 Å². The standard InChI is InChI=1S/C18H24ClN5O4/c1-18(2,3)28-17(26)23(4)14-8-13(19)22-15-10(9-20-24(14)15)16(25)21-11-6-7-12(11)27-5/h8-9,11-12H,6-7H2,1-5H3,(H,21,25)/t11?,12-/m0/s1. The van der Waals surface area contributed by atoms with E-state index in [0.29, 0.717) is 5.82 Å². The molecule has 10 heteroatoms. The molecule has 0 aromatic carbocycles. The van der Waals surface area contributed by atoms with Crippen molar-refractivity contribution in [3.05, 3.63) is 23.0 Å². The summed E-state index contributed by atoms with van der Waals surface area (Å²) < 4.78 is 12.1. The van der Waals surface area contributed by atoms with Gasteiger partial charge in [0, 0.05) is 20.2 Å². The van der Waals surface area contributed by atoms with E-state index in [0.717, 1.165) is 12.8 Å². The molecule has 1 N–H and O–H groups in total. The van der Waals surface area contributed by atoms with Gasteiger partial charge in [0.1, 0.15) is 22.1 Å². The van der Waals surface area contributed by atoms with E-state index in [2.05, 4.69) is 15.4 Å². The number of rotatable bonds is 4. The fraction of sp³-hybridized carbons (Fsp3) is 0.556. The Labute approximate surface area is 167 Å². The topological polar surface area (TPSA) is 98.1 Å². The van der Waals surface area contributed by atoms with E-state index in [-0.39, 0.29) is 34.4 Å². The maximum absolute atomic E-state index is 12.7. The third-order valence-corrected chi connectivity index (χ3v) is 4.70. The summed E-state index contributed by atoms with van der Waals surface area (Å²) in [5.74, 6) is 0.0177. The second-order valence-electron chi connectivity index (χ2n) is 7.70. The third kappa shape index (κ3) is 4.05.